The number of azide groups is 1. The molecule has 1 unspecified atom stereocenters. The number of H-pyrrole nitrogens is 1. The average molecular weight is 499 g/mol. The zero-order valence-corrected chi connectivity index (χ0v) is 18.4. The van der Waals surface area contributed by atoms with Gasteiger partial charge >= 0.3 is 20.9 Å². The van der Waals surface area contributed by atoms with Gasteiger partial charge in [0, 0.05) is 23.1 Å². The van der Waals surface area contributed by atoms with Crippen LogP contribution in [0.5, 0.6) is 0 Å². The first-order valence-corrected chi connectivity index (χ1v) is 13.4. The van der Waals surface area contributed by atoms with Crippen molar-refractivity contribution in [2.45, 2.75) is 31.7 Å². The molecule has 0 saturated carbocycles. The Hall–Kier alpha value is -1.50. The SMILES string of the molecule is [B-][P@](=O)(OC[C@H]1O[C@@H](n2cc(C)c(=O)[nH]c2=O)C[C@@H]1N=[N+]=[N-])OP(=O)(O)CP(=O)(O)O. The van der Waals surface area contributed by atoms with Crippen LogP contribution in [-0.2, 0) is 27.3 Å². The summed E-state index contributed by atoms with van der Waals surface area (Å²) < 4.78 is 50.2. The Morgan fingerprint density at radius 3 is 2.61 bits per heavy atom. The molecule has 3 radical (unpaired) electrons. The van der Waals surface area contributed by atoms with Gasteiger partial charge in [-0.05, 0) is 12.5 Å². The molecule has 0 spiro atoms. The smallest absolute Gasteiger partial charge is 0.344 e. The van der Waals surface area contributed by atoms with Crippen LogP contribution in [-0.4, -0.2) is 56.5 Å². The maximum atomic E-state index is 12.1. The third kappa shape index (κ3) is 7.55. The van der Waals surface area contributed by atoms with Crippen molar-refractivity contribution in [1.82, 2.24) is 9.55 Å². The van der Waals surface area contributed by atoms with Crippen molar-refractivity contribution >= 4 is 30.2 Å². The number of aromatic nitrogens is 2. The fourth-order valence-electron chi connectivity index (χ4n) is 2.66. The zero-order chi connectivity index (χ0) is 23.6. The number of aromatic amines is 1. The Morgan fingerprint density at radius 2 is 2.03 bits per heavy atom. The quantitative estimate of drug-likeness (QED) is 0.119. The maximum Gasteiger partial charge on any atom is 0.344 e. The van der Waals surface area contributed by atoms with E-state index in [9.17, 15) is 28.2 Å². The molecule has 0 aliphatic carbocycles. The summed E-state index contributed by atoms with van der Waals surface area (Å²) in [5, 5.41) is 3.48. The molecule has 1 saturated heterocycles. The van der Waals surface area contributed by atoms with E-state index in [-0.39, 0.29) is 12.0 Å². The minimum absolute atomic E-state index is 0.0457. The molecule has 20 heteroatoms. The van der Waals surface area contributed by atoms with Gasteiger partial charge in [-0.25, -0.2) is 4.79 Å². The summed E-state index contributed by atoms with van der Waals surface area (Å²) in [7, 11) is -9.68. The van der Waals surface area contributed by atoms with Gasteiger partial charge in [-0.2, -0.15) is 0 Å². The topological polar surface area (TPSA) is 243 Å². The van der Waals surface area contributed by atoms with Gasteiger partial charge in [-0.3, -0.25) is 27.8 Å². The van der Waals surface area contributed by atoms with Gasteiger partial charge in [0.05, 0.1) is 26.2 Å². The highest BCUT2D eigenvalue weighted by Crippen LogP contribution is 2.64. The average Bonchev–Trinajstić information content (AvgIpc) is 2.96. The zero-order valence-electron chi connectivity index (χ0n) is 15.7. The van der Waals surface area contributed by atoms with Gasteiger partial charge in [0.25, 0.3) is 5.56 Å². The highest BCUT2D eigenvalue weighted by Gasteiger charge is 2.38. The number of nitrogens with one attached hydrogen (secondary N) is 1. The minimum Gasteiger partial charge on any atom is -0.443 e. The summed E-state index contributed by atoms with van der Waals surface area (Å²) in [4.78, 5) is 55.2. The van der Waals surface area contributed by atoms with Crippen molar-refractivity contribution in [2.75, 3.05) is 12.5 Å². The van der Waals surface area contributed by atoms with E-state index in [1.54, 1.807) is 0 Å². The molecule has 16 nitrogen and oxygen atoms in total. The molecule has 2 rings (SSSR count). The summed E-state index contributed by atoms with van der Waals surface area (Å²) in [6, 6.07) is -0.954. The van der Waals surface area contributed by atoms with Crippen LogP contribution < -0.4 is 11.2 Å². The molecule has 1 fully saturated rings. The fourth-order valence-corrected chi connectivity index (χ4v) is 7.16. The van der Waals surface area contributed by atoms with E-state index >= 15 is 0 Å². The predicted octanol–water partition coefficient (Wildman–Crippen LogP) is 0.442. The lowest BCUT2D eigenvalue weighted by atomic mass is 10.1. The summed E-state index contributed by atoms with van der Waals surface area (Å²) in [5.74, 6) is -1.64. The van der Waals surface area contributed by atoms with Crippen molar-refractivity contribution in [3.8, 4) is 0 Å². The molecule has 2 heterocycles. The van der Waals surface area contributed by atoms with Gasteiger partial charge < -0.3 is 36.1 Å². The lowest BCUT2D eigenvalue weighted by Crippen LogP contribution is -2.33. The standard InChI is InChI=1S/C11H17BN5O11P3/c1-6-3-17(11(19)14-10(6)18)9-2-7(15-16-13)8(27-9)4-26-31(12,25)28-30(23,24)5-29(20,21)22/h3,7-9H,2,4-5H2,1H3,(H,23,24)(H,14,18,19)(H2,20,21,22)/q-1/t7-,8+,9+,31-/m0/s1. The number of aryl methyl sites for hydroxylation is 1. The van der Waals surface area contributed by atoms with E-state index < -0.39 is 64.8 Å². The molecular formula is C11H17BN5O11P3-. The second-order valence-corrected chi connectivity index (χ2v) is 12.2. The number of hydrogen-bond donors (Lipinski definition) is 4. The van der Waals surface area contributed by atoms with Gasteiger partial charge in [0.1, 0.15) is 6.23 Å². The molecule has 4 N–H and O–H groups in total. The summed E-state index contributed by atoms with van der Waals surface area (Å²) in [5.41, 5.74) is 7.53. The molecule has 1 aliphatic heterocycles. The van der Waals surface area contributed by atoms with Crippen LogP contribution in [0.25, 0.3) is 10.4 Å². The van der Waals surface area contributed by atoms with Crippen LogP contribution in [0.4, 0.5) is 0 Å². The Labute approximate surface area is 174 Å². The molecular weight excluding hydrogens is 482 g/mol. The van der Waals surface area contributed by atoms with Crippen LogP contribution in [0.15, 0.2) is 20.9 Å². The first-order valence-electron chi connectivity index (χ1n) is 8.25. The third-order valence-corrected chi connectivity index (χ3v) is 9.23. The Balaban J connectivity index is 2.14. The Kier molecular flexibility index (Phi) is 7.94. The van der Waals surface area contributed by atoms with E-state index in [4.69, 9.17) is 32.1 Å². The molecule has 171 valence electrons. The van der Waals surface area contributed by atoms with E-state index in [2.05, 4.69) is 19.3 Å². The number of ether oxygens (including phenoxy) is 1. The van der Waals surface area contributed by atoms with E-state index in [0.29, 0.717) is 0 Å². The molecule has 1 aromatic heterocycles. The monoisotopic (exact) mass is 499 g/mol. The number of rotatable bonds is 9. The largest absolute Gasteiger partial charge is 0.443 e. The molecule has 1 aliphatic rings. The van der Waals surface area contributed by atoms with Gasteiger partial charge in [-0.15, -0.1) is 0 Å². The first kappa shape index (κ1) is 25.8. The van der Waals surface area contributed by atoms with E-state index in [0.717, 1.165) is 4.57 Å². The lowest BCUT2D eigenvalue weighted by molar-refractivity contribution is -0.0230. The van der Waals surface area contributed by atoms with E-state index in [1.807, 2.05) is 0 Å². The fraction of sp³-hybridized carbons (Fsp3) is 0.636. The summed E-state index contributed by atoms with van der Waals surface area (Å²) >= 11 is 0. The lowest BCUT2D eigenvalue weighted by Gasteiger charge is -2.30. The third-order valence-electron chi connectivity index (χ3n) is 3.88. The van der Waals surface area contributed by atoms with E-state index in [1.165, 1.54) is 13.1 Å². The summed E-state index contributed by atoms with van der Waals surface area (Å²) in [6.45, 7) is 0.753. The first-order chi connectivity index (χ1) is 14.1. The van der Waals surface area contributed by atoms with Crippen molar-refractivity contribution in [3.05, 3.63) is 43.0 Å². The number of hydrogen-bond acceptors (Lipinski definition) is 9. The highest BCUT2D eigenvalue weighted by atomic mass is 31.3. The summed E-state index contributed by atoms with van der Waals surface area (Å²) in [6.07, 6.45) is -0.969. The molecule has 1 aromatic rings. The second kappa shape index (κ2) is 9.56. The van der Waals surface area contributed by atoms with Gasteiger partial charge in [-0.1, -0.05) is 5.11 Å². The minimum atomic E-state index is -5.08. The van der Waals surface area contributed by atoms with Crippen LogP contribution in [0.1, 0.15) is 18.2 Å². The van der Waals surface area contributed by atoms with Crippen molar-refractivity contribution in [3.63, 3.8) is 0 Å². The van der Waals surface area contributed by atoms with Crippen LogP contribution in [0.3, 0.4) is 0 Å². The van der Waals surface area contributed by atoms with Crippen LogP contribution in [0.2, 0.25) is 0 Å². The van der Waals surface area contributed by atoms with Crippen LogP contribution in [0, 0.1) is 6.92 Å². The maximum absolute atomic E-state index is 12.1. The Morgan fingerprint density at radius 1 is 1.39 bits per heavy atom. The molecule has 0 bridgehead atoms. The Bertz CT molecular complexity index is 1140. The number of nitrogens with zero attached hydrogens (tertiary/aromatic N) is 4. The van der Waals surface area contributed by atoms with Gasteiger partial charge in [0.15, 0.2) is 5.90 Å². The molecule has 0 amide bonds. The van der Waals surface area contributed by atoms with Gasteiger partial charge in [0.2, 0.25) is 0 Å². The predicted molar refractivity (Wildman–Crippen MR) is 105 cm³/mol. The normalized spacial score (nSPS) is 25.4. The molecule has 5 atom stereocenters. The van der Waals surface area contributed by atoms with Crippen molar-refractivity contribution in [2.24, 2.45) is 5.11 Å². The van der Waals surface area contributed by atoms with Crippen LogP contribution >= 0.6 is 22.7 Å². The second-order valence-electron chi connectivity index (χ2n) is 6.48. The van der Waals surface area contributed by atoms with Crippen molar-refractivity contribution in [1.29, 1.82) is 0 Å². The molecule has 0 aromatic carbocycles. The van der Waals surface area contributed by atoms with Crippen molar-refractivity contribution < 1.29 is 41.9 Å². The highest BCUT2D eigenvalue weighted by molar-refractivity contribution is 7.85. The molecule has 31 heavy (non-hydrogen) atoms.